The van der Waals surface area contributed by atoms with E-state index in [9.17, 15) is 9.90 Å². The van der Waals surface area contributed by atoms with E-state index in [0.29, 0.717) is 13.0 Å². The highest BCUT2D eigenvalue weighted by molar-refractivity contribution is 5.78. The van der Waals surface area contributed by atoms with E-state index in [1.807, 2.05) is 23.1 Å². The Morgan fingerprint density at radius 3 is 2.50 bits per heavy atom. The molecule has 2 aliphatic heterocycles. The molecule has 2 aromatic carbocycles. The van der Waals surface area contributed by atoms with Crippen LogP contribution >= 0.6 is 0 Å². The zero-order valence-corrected chi connectivity index (χ0v) is 19.8. The Kier molecular flexibility index (Phi) is 6.75. The van der Waals surface area contributed by atoms with E-state index in [1.165, 1.54) is 22.3 Å². The van der Waals surface area contributed by atoms with Crippen molar-refractivity contribution in [2.45, 2.75) is 44.2 Å². The van der Waals surface area contributed by atoms with Crippen molar-refractivity contribution >= 4 is 5.91 Å². The van der Waals surface area contributed by atoms with Gasteiger partial charge in [0.2, 0.25) is 5.91 Å². The summed E-state index contributed by atoms with van der Waals surface area (Å²) >= 11 is 0. The van der Waals surface area contributed by atoms with Gasteiger partial charge in [0.15, 0.2) is 0 Å². The average Bonchev–Trinajstić information content (AvgIpc) is 2.84. The smallest absolute Gasteiger partial charge is 0.228 e. The average molecular weight is 456 g/mol. The lowest BCUT2D eigenvalue weighted by Crippen LogP contribution is -2.68. The monoisotopic (exact) mass is 455 g/mol. The minimum Gasteiger partial charge on any atom is -0.395 e. The van der Waals surface area contributed by atoms with E-state index in [0.717, 1.165) is 31.6 Å². The molecule has 5 heteroatoms. The summed E-state index contributed by atoms with van der Waals surface area (Å²) < 4.78 is 0. The highest BCUT2D eigenvalue weighted by Crippen LogP contribution is 2.42. The Morgan fingerprint density at radius 1 is 1.00 bits per heavy atom. The molecule has 0 saturated carbocycles. The lowest BCUT2D eigenvalue weighted by Gasteiger charge is -2.57. The first-order chi connectivity index (χ1) is 16.7. The number of aliphatic hydroxyl groups excluding tert-OH is 1. The van der Waals surface area contributed by atoms with Gasteiger partial charge in [0.05, 0.1) is 13.0 Å². The van der Waals surface area contributed by atoms with Crippen molar-refractivity contribution < 1.29 is 9.90 Å². The normalized spacial score (nSPS) is 22.9. The fourth-order valence-electron chi connectivity index (χ4n) is 5.72. The van der Waals surface area contributed by atoms with Crippen LogP contribution in [0.15, 0.2) is 72.9 Å². The molecule has 0 radical (unpaired) electrons. The molecular weight excluding hydrogens is 422 g/mol. The second-order valence-corrected chi connectivity index (χ2v) is 9.56. The molecule has 5 rings (SSSR count). The first-order valence-electron chi connectivity index (χ1n) is 12.4. The molecule has 34 heavy (non-hydrogen) atoms. The van der Waals surface area contributed by atoms with E-state index in [1.54, 1.807) is 6.20 Å². The largest absolute Gasteiger partial charge is 0.395 e. The van der Waals surface area contributed by atoms with Gasteiger partial charge in [-0.1, -0.05) is 54.6 Å². The van der Waals surface area contributed by atoms with Gasteiger partial charge in [-0.15, -0.1) is 0 Å². The Hall–Kier alpha value is -3.02. The zero-order chi connectivity index (χ0) is 23.5. The fourth-order valence-corrected chi connectivity index (χ4v) is 5.72. The molecule has 3 heterocycles. The van der Waals surface area contributed by atoms with Gasteiger partial charge in [-0.2, -0.15) is 0 Å². The van der Waals surface area contributed by atoms with Crippen LogP contribution in [0.1, 0.15) is 35.6 Å². The molecule has 176 valence electrons. The number of benzene rings is 2. The van der Waals surface area contributed by atoms with E-state index in [-0.39, 0.29) is 30.5 Å². The molecule has 2 fully saturated rings. The van der Waals surface area contributed by atoms with Crippen LogP contribution in [0, 0.1) is 6.92 Å². The minimum atomic E-state index is 0.111. The van der Waals surface area contributed by atoms with E-state index >= 15 is 0 Å². The number of amides is 1. The Bertz CT molecular complexity index is 1120. The predicted octanol–water partition coefficient (Wildman–Crippen LogP) is 4.05. The Balaban J connectivity index is 1.36. The highest BCUT2D eigenvalue weighted by atomic mass is 16.3. The summed E-state index contributed by atoms with van der Waals surface area (Å²) in [5, 5.41) is 10.2. The highest BCUT2D eigenvalue weighted by Gasteiger charge is 2.49. The lowest BCUT2D eigenvalue weighted by atomic mass is 9.74. The van der Waals surface area contributed by atoms with Crippen molar-refractivity contribution in [3.05, 3.63) is 89.7 Å². The van der Waals surface area contributed by atoms with Gasteiger partial charge >= 0.3 is 0 Å². The van der Waals surface area contributed by atoms with Crippen LogP contribution in [-0.2, 0) is 11.2 Å². The van der Waals surface area contributed by atoms with Crippen molar-refractivity contribution in [2.75, 3.05) is 26.2 Å². The van der Waals surface area contributed by atoms with E-state index < -0.39 is 0 Å². The van der Waals surface area contributed by atoms with E-state index in [4.69, 9.17) is 0 Å². The number of aryl methyl sites for hydroxylation is 1. The second-order valence-electron chi connectivity index (χ2n) is 9.56. The van der Waals surface area contributed by atoms with Crippen LogP contribution < -0.4 is 0 Å². The molecular formula is C29H33N3O2. The molecule has 1 amide bonds. The van der Waals surface area contributed by atoms with Crippen molar-refractivity contribution in [1.29, 1.82) is 0 Å². The number of nitrogens with zero attached hydrogens (tertiary/aromatic N) is 3. The molecule has 1 aromatic heterocycles. The number of carbonyl (C=O) groups is 1. The van der Waals surface area contributed by atoms with Crippen molar-refractivity contribution in [3.63, 3.8) is 0 Å². The van der Waals surface area contributed by atoms with Gasteiger partial charge in [-0.05, 0) is 60.7 Å². The van der Waals surface area contributed by atoms with Crippen LogP contribution in [0.3, 0.4) is 0 Å². The first kappa shape index (κ1) is 22.8. The predicted molar refractivity (Wildman–Crippen MR) is 134 cm³/mol. The summed E-state index contributed by atoms with van der Waals surface area (Å²) in [6.45, 7) is 4.75. The quantitative estimate of drug-likeness (QED) is 0.631. The van der Waals surface area contributed by atoms with Crippen molar-refractivity contribution in [2.24, 2.45) is 0 Å². The maximum Gasteiger partial charge on any atom is 0.228 e. The number of hydrogen-bond acceptors (Lipinski definition) is 4. The third-order valence-corrected chi connectivity index (χ3v) is 7.53. The Labute approximate surface area is 202 Å². The fraction of sp³-hybridized carbons (Fsp3) is 0.379. The van der Waals surface area contributed by atoms with Crippen LogP contribution in [-0.4, -0.2) is 64.1 Å². The van der Waals surface area contributed by atoms with Gasteiger partial charge in [-0.3, -0.25) is 14.7 Å². The molecule has 0 spiro atoms. The SMILES string of the molecule is Cc1ccccc1-c1ccc([C@H]2[C@H]3CN(C(=O)Cc4ccccn4)CCCCN3[C@H]2CO)cc1. The van der Waals surface area contributed by atoms with Gasteiger partial charge in [0.25, 0.3) is 0 Å². The summed E-state index contributed by atoms with van der Waals surface area (Å²) in [7, 11) is 0. The summed E-state index contributed by atoms with van der Waals surface area (Å²) in [6, 6.07) is 23.3. The minimum absolute atomic E-state index is 0.111. The zero-order valence-electron chi connectivity index (χ0n) is 19.8. The summed E-state index contributed by atoms with van der Waals surface area (Å²) in [4.78, 5) is 21.9. The lowest BCUT2D eigenvalue weighted by molar-refractivity contribution is -0.135. The number of pyridine rings is 1. The van der Waals surface area contributed by atoms with Gasteiger partial charge < -0.3 is 10.0 Å². The number of rotatable bonds is 5. The van der Waals surface area contributed by atoms with Gasteiger partial charge in [-0.25, -0.2) is 0 Å². The number of carbonyl (C=O) groups excluding carboxylic acids is 1. The molecule has 0 unspecified atom stereocenters. The molecule has 3 atom stereocenters. The summed E-state index contributed by atoms with van der Waals surface area (Å²) in [6.07, 6.45) is 4.11. The molecule has 1 N–H and O–H groups in total. The van der Waals surface area contributed by atoms with Crippen LogP contribution in [0.5, 0.6) is 0 Å². The number of hydrogen-bond donors (Lipinski definition) is 1. The van der Waals surface area contributed by atoms with Crippen LogP contribution in [0.2, 0.25) is 0 Å². The second kappa shape index (κ2) is 10.1. The number of aliphatic hydroxyl groups is 1. The summed E-state index contributed by atoms with van der Waals surface area (Å²) in [5.74, 6) is 0.362. The molecule has 0 aliphatic carbocycles. The van der Waals surface area contributed by atoms with Crippen LogP contribution in [0.4, 0.5) is 0 Å². The van der Waals surface area contributed by atoms with E-state index in [2.05, 4.69) is 65.3 Å². The number of fused-ring (bicyclic) bond motifs is 1. The van der Waals surface area contributed by atoms with Gasteiger partial charge in [0, 0.05) is 43.0 Å². The number of aromatic nitrogens is 1. The van der Waals surface area contributed by atoms with Crippen LogP contribution in [0.25, 0.3) is 11.1 Å². The van der Waals surface area contributed by atoms with Crippen molar-refractivity contribution in [3.8, 4) is 11.1 Å². The molecule has 3 aromatic rings. The molecule has 2 saturated heterocycles. The van der Waals surface area contributed by atoms with Gasteiger partial charge in [0.1, 0.15) is 0 Å². The van der Waals surface area contributed by atoms with Crippen molar-refractivity contribution in [1.82, 2.24) is 14.8 Å². The third kappa shape index (κ3) is 4.50. The topological polar surface area (TPSA) is 56.7 Å². The first-order valence-corrected chi connectivity index (χ1v) is 12.4. The maximum atomic E-state index is 13.2. The molecule has 0 bridgehead atoms. The third-order valence-electron chi connectivity index (χ3n) is 7.53. The molecule has 5 nitrogen and oxygen atoms in total. The standard InChI is InChI=1S/C29H33N3O2/c1-21-8-2-3-10-25(21)22-11-13-23(14-12-22)29-26-19-31(16-6-7-17-32(26)27(29)20-33)28(34)18-24-9-4-5-15-30-24/h2-5,8-15,26-27,29,33H,6-7,16-20H2,1H3/t26-,27+,29+/m1/s1. The summed E-state index contributed by atoms with van der Waals surface area (Å²) in [5.41, 5.74) is 5.79. The Morgan fingerprint density at radius 2 is 1.76 bits per heavy atom. The maximum absolute atomic E-state index is 13.2. The molecule has 2 aliphatic rings.